The summed E-state index contributed by atoms with van der Waals surface area (Å²) in [4.78, 5) is 15.0. The summed E-state index contributed by atoms with van der Waals surface area (Å²) in [5.41, 5.74) is 1.30. The number of hydrogen-bond donors (Lipinski definition) is 2. The van der Waals surface area contributed by atoms with Gasteiger partial charge in [-0.2, -0.15) is 0 Å². The summed E-state index contributed by atoms with van der Waals surface area (Å²) in [5.74, 6) is 0.966. The standard InChI is InChI=1S/C19H29N3O/c23-19(21-12-10-16-9-11-20-14-16)18-8-4-5-13-22(18)15-17-6-2-1-3-7-17/h1-3,6-7,16,18,20H,4-5,8-15H2,(H,21,23). The zero-order valence-electron chi connectivity index (χ0n) is 14.0. The topological polar surface area (TPSA) is 44.4 Å². The fourth-order valence-electron chi connectivity index (χ4n) is 3.77. The maximum atomic E-state index is 12.6. The highest BCUT2D eigenvalue weighted by Gasteiger charge is 2.28. The molecule has 1 aromatic carbocycles. The van der Waals surface area contributed by atoms with Gasteiger partial charge < -0.3 is 10.6 Å². The normalized spacial score (nSPS) is 25.4. The number of amides is 1. The highest BCUT2D eigenvalue weighted by atomic mass is 16.2. The van der Waals surface area contributed by atoms with E-state index >= 15 is 0 Å². The van der Waals surface area contributed by atoms with Crippen LogP contribution < -0.4 is 10.6 Å². The average Bonchev–Trinajstić information content (AvgIpc) is 3.09. The molecule has 1 aromatic rings. The van der Waals surface area contributed by atoms with Crippen LogP contribution in [0.1, 0.15) is 37.7 Å². The Hall–Kier alpha value is -1.39. The monoisotopic (exact) mass is 315 g/mol. The van der Waals surface area contributed by atoms with E-state index in [2.05, 4.69) is 39.8 Å². The van der Waals surface area contributed by atoms with Gasteiger partial charge in [-0.15, -0.1) is 0 Å². The van der Waals surface area contributed by atoms with E-state index in [1.807, 2.05) is 6.07 Å². The minimum absolute atomic E-state index is 0.0469. The van der Waals surface area contributed by atoms with Crippen molar-refractivity contribution in [2.24, 2.45) is 5.92 Å². The summed E-state index contributed by atoms with van der Waals surface area (Å²) in [6.45, 7) is 4.97. The Morgan fingerprint density at radius 3 is 2.87 bits per heavy atom. The average molecular weight is 315 g/mol. The van der Waals surface area contributed by atoms with Crippen LogP contribution in [0, 0.1) is 5.92 Å². The lowest BCUT2D eigenvalue weighted by Crippen LogP contribution is -2.49. The fourth-order valence-corrected chi connectivity index (χ4v) is 3.77. The number of carbonyl (C=O) groups excluding carboxylic acids is 1. The maximum absolute atomic E-state index is 12.6. The first-order valence-electron chi connectivity index (χ1n) is 9.09. The van der Waals surface area contributed by atoms with Gasteiger partial charge in [-0.3, -0.25) is 9.69 Å². The van der Waals surface area contributed by atoms with E-state index in [4.69, 9.17) is 0 Å². The number of hydrogen-bond acceptors (Lipinski definition) is 3. The van der Waals surface area contributed by atoms with Crippen molar-refractivity contribution in [3.8, 4) is 0 Å². The van der Waals surface area contributed by atoms with Gasteiger partial charge in [0.1, 0.15) is 0 Å². The summed E-state index contributed by atoms with van der Waals surface area (Å²) in [7, 11) is 0. The quantitative estimate of drug-likeness (QED) is 0.845. The number of carbonyl (C=O) groups is 1. The molecule has 2 fully saturated rings. The number of likely N-dealkylation sites (tertiary alicyclic amines) is 1. The highest BCUT2D eigenvalue weighted by Crippen LogP contribution is 2.20. The van der Waals surface area contributed by atoms with Crippen molar-refractivity contribution in [2.75, 3.05) is 26.2 Å². The van der Waals surface area contributed by atoms with Crippen molar-refractivity contribution in [1.29, 1.82) is 0 Å². The molecule has 1 amide bonds. The Morgan fingerprint density at radius 2 is 2.09 bits per heavy atom. The van der Waals surface area contributed by atoms with Gasteiger partial charge in [0.2, 0.25) is 5.91 Å². The predicted molar refractivity (Wildman–Crippen MR) is 93.1 cm³/mol. The second-order valence-electron chi connectivity index (χ2n) is 6.91. The first-order chi connectivity index (χ1) is 11.3. The van der Waals surface area contributed by atoms with Crippen LogP contribution in [-0.2, 0) is 11.3 Å². The third-order valence-electron chi connectivity index (χ3n) is 5.16. The molecule has 126 valence electrons. The third kappa shape index (κ3) is 4.79. The predicted octanol–water partition coefficient (Wildman–Crippen LogP) is 2.16. The lowest BCUT2D eigenvalue weighted by atomic mass is 10.00. The van der Waals surface area contributed by atoms with Crippen LogP contribution in [0.3, 0.4) is 0 Å². The minimum Gasteiger partial charge on any atom is -0.355 e. The minimum atomic E-state index is 0.0469. The zero-order valence-corrected chi connectivity index (χ0v) is 14.0. The SMILES string of the molecule is O=C(NCCC1CCNC1)C1CCCCN1Cc1ccccc1. The van der Waals surface area contributed by atoms with Gasteiger partial charge in [0.15, 0.2) is 0 Å². The lowest BCUT2D eigenvalue weighted by molar-refractivity contribution is -0.127. The summed E-state index contributed by atoms with van der Waals surface area (Å²) in [6.07, 6.45) is 5.70. The van der Waals surface area contributed by atoms with Crippen LogP contribution in [0.15, 0.2) is 30.3 Å². The summed E-state index contributed by atoms with van der Waals surface area (Å²) >= 11 is 0. The van der Waals surface area contributed by atoms with Gasteiger partial charge in [-0.25, -0.2) is 0 Å². The molecule has 0 bridgehead atoms. The Balaban J connectivity index is 1.49. The number of nitrogens with zero attached hydrogens (tertiary/aromatic N) is 1. The van der Waals surface area contributed by atoms with Gasteiger partial charge in [0.05, 0.1) is 6.04 Å². The van der Waals surface area contributed by atoms with E-state index in [-0.39, 0.29) is 11.9 Å². The molecule has 23 heavy (non-hydrogen) atoms. The molecule has 4 nitrogen and oxygen atoms in total. The molecule has 2 aliphatic rings. The van der Waals surface area contributed by atoms with E-state index in [9.17, 15) is 4.79 Å². The van der Waals surface area contributed by atoms with E-state index < -0.39 is 0 Å². The zero-order chi connectivity index (χ0) is 15.9. The maximum Gasteiger partial charge on any atom is 0.237 e. The van der Waals surface area contributed by atoms with Crippen molar-refractivity contribution in [2.45, 2.75) is 44.7 Å². The Bertz CT molecular complexity index is 485. The molecule has 2 unspecified atom stereocenters. The Labute approximate surface area is 139 Å². The molecule has 2 saturated heterocycles. The largest absolute Gasteiger partial charge is 0.355 e. The number of piperidine rings is 1. The Morgan fingerprint density at radius 1 is 1.22 bits per heavy atom. The van der Waals surface area contributed by atoms with Gasteiger partial charge in [0, 0.05) is 13.1 Å². The molecule has 2 N–H and O–H groups in total. The third-order valence-corrected chi connectivity index (χ3v) is 5.16. The highest BCUT2D eigenvalue weighted by molar-refractivity contribution is 5.81. The smallest absolute Gasteiger partial charge is 0.237 e. The number of benzene rings is 1. The molecule has 2 heterocycles. The van der Waals surface area contributed by atoms with Gasteiger partial charge in [0.25, 0.3) is 0 Å². The van der Waals surface area contributed by atoms with Crippen LogP contribution >= 0.6 is 0 Å². The second-order valence-corrected chi connectivity index (χ2v) is 6.91. The van der Waals surface area contributed by atoms with Gasteiger partial charge in [-0.05, 0) is 56.8 Å². The molecule has 0 aromatic heterocycles. The Kier molecular flexibility index (Phi) is 6.06. The van der Waals surface area contributed by atoms with Crippen molar-refractivity contribution >= 4 is 5.91 Å². The van der Waals surface area contributed by atoms with Crippen LogP contribution in [0.2, 0.25) is 0 Å². The number of rotatable bonds is 6. The first kappa shape index (κ1) is 16.5. The lowest BCUT2D eigenvalue weighted by Gasteiger charge is -2.34. The van der Waals surface area contributed by atoms with Gasteiger partial charge in [-0.1, -0.05) is 36.8 Å². The first-order valence-corrected chi connectivity index (χ1v) is 9.09. The van der Waals surface area contributed by atoms with Crippen molar-refractivity contribution < 1.29 is 4.79 Å². The van der Waals surface area contributed by atoms with E-state index in [1.165, 1.54) is 18.4 Å². The van der Waals surface area contributed by atoms with E-state index in [0.29, 0.717) is 0 Å². The van der Waals surface area contributed by atoms with Crippen molar-refractivity contribution in [3.05, 3.63) is 35.9 Å². The molecule has 2 atom stereocenters. The van der Waals surface area contributed by atoms with Crippen LogP contribution in [0.4, 0.5) is 0 Å². The van der Waals surface area contributed by atoms with Gasteiger partial charge >= 0.3 is 0 Å². The molecule has 2 aliphatic heterocycles. The van der Waals surface area contributed by atoms with Crippen LogP contribution in [-0.4, -0.2) is 43.0 Å². The fraction of sp³-hybridized carbons (Fsp3) is 0.632. The number of nitrogens with one attached hydrogen (secondary N) is 2. The molecule has 0 aliphatic carbocycles. The molecule has 0 spiro atoms. The molecular weight excluding hydrogens is 286 g/mol. The van der Waals surface area contributed by atoms with E-state index in [0.717, 1.165) is 57.9 Å². The van der Waals surface area contributed by atoms with Crippen molar-refractivity contribution in [1.82, 2.24) is 15.5 Å². The second kappa shape index (κ2) is 8.46. The molecule has 3 rings (SSSR count). The molecule has 0 radical (unpaired) electrons. The summed E-state index contributed by atoms with van der Waals surface area (Å²) in [5, 5.41) is 6.57. The molecular formula is C19H29N3O. The van der Waals surface area contributed by atoms with Crippen LogP contribution in [0.25, 0.3) is 0 Å². The van der Waals surface area contributed by atoms with Crippen molar-refractivity contribution in [3.63, 3.8) is 0 Å². The summed E-state index contributed by atoms with van der Waals surface area (Å²) < 4.78 is 0. The molecule has 4 heteroatoms. The van der Waals surface area contributed by atoms with E-state index in [1.54, 1.807) is 0 Å². The molecule has 0 saturated carbocycles. The summed E-state index contributed by atoms with van der Waals surface area (Å²) in [6, 6.07) is 10.5. The van der Waals surface area contributed by atoms with Crippen LogP contribution in [0.5, 0.6) is 0 Å².